The average molecular weight is 252 g/mol. The van der Waals surface area contributed by atoms with Crippen molar-refractivity contribution in [1.29, 1.82) is 0 Å². The molecule has 4 heteroatoms. The predicted molar refractivity (Wildman–Crippen MR) is 70.1 cm³/mol. The second kappa shape index (κ2) is 5.67. The van der Waals surface area contributed by atoms with Crippen molar-refractivity contribution in [3.63, 3.8) is 0 Å². The predicted octanol–water partition coefficient (Wildman–Crippen LogP) is 2.28. The lowest BCUT2D eigenvalue weighted by atomic mass is 10.00. The molecule has 0 bridgehead atoms. The van der Waals surface area contributed by atoms with Crippen molar-refractivity contribution in [2.24, 2.45) is 0 Å². The van der Waals surface area contributed by atoms with Gasteiger partial charge in [0.25, 0.3) is 0 Å². The van der Waals surface area contributed by atoms with Crippen molar-refractivity contribution < 1.29 is 9.50 Å². The zero-order valence-electron chi connectivity index (χ0n) is 11.0. The van der Waals surface area contributed by atoms with Crippen LogP contribution in [0.1, 0.15) is 31.4 Å². The molecule has 3 nitrogen and oxygen atoms in total. The van der Waals surface area contributed by atoms with E-state index in [0.717, 1.165) is 19.5 Å². The second-order valence-corrected chi connectivity index (χ2v) is 5.00. The Hall–Kier alpha value is -1.13. The highest BCUT2D eigenvalue weighted by atomic mass is 19.1. The molecule has 2 rings (SSSR count). The molecule has 1 heterocycles. The first-order valence-electron chi connectivity index (χ1n) is 6.51. The molecular formula is C14H21FN2O. The van der Waals surface area contributed by atoms with Gasteiger partial charge in [0.1, 0.15) is 11.6 Å². The average Bonchev–Trinajstić information content (AvgIpc) is 2.41. The number of hydrogen-bond donors (Lipinski definition) is 2. The molecule has 2 atom stereocenters. The van der Waals surface area contributed by atoms with E-state index in [9.17, 15) is 9.50 Å². The quantitative estimate of drug-likeness (QED) is 0.866. The molecule has 2 N–H and O–H groups in total. The number of piperidine rings is 1. The van der Waals surface area contributed by atoms with Crippen LogP contribution in [0.5, 0.6) is 5.75 Å². The van der Waals surface area contributed by atoms with E-state index in [-0.39, 0.29) is 17.6 Å². The lowest BCUT2D eigenvalue weighted by Gasteiger charge is -2.37. The monoisotopic (exact) mass is 252 g/mol. The minimum absolute atomic E-state index is 0.0387. The van der Waals surface area contributed by atoms with E-state index < -0.39 is 0 Å². The van der Waals surface area contributed by atoms with Crippen molar-refractivity contribution in [1.82, 2.24) is 10.2 Å². The lowest BCUT2D eigenvalue weighted by Crippen LogP contribution is -2.45. The number of phenols is 1. The van der Waals surface area contributed by atoms with Gasteiger partial charge in [-0.25, -0.2) is 4.39 Å². The maximum Gasteiger partial charge on any atom is 0.123 e. The highest BCUT2D eigenvalue weighted by Gasteiger charge is 2.25. The van der Waals surface area contributed by atoms with E-state index >= 15 is 0 Å². The Morgan fingerprint density at radius 3 is 3.00 bits per heavy atom. The summed E-state index contributed by atoms with van der Waals surface area (Å²) in [6.07, 6.45) is 2.31. The number of benzene rings is 1. The van der Waals surface area contributed by atoms with Crippen LogP contribution in [0.3, 0.4) is 0 Å². The largest absolute Gasteiger partial charge is 0.508 e. The Morgan fingerprint density at radius 1 is 1.50 bits per heavy atom. The SMILES string of the molecule is CNC1CCCN(C(C)c2cc(F)ccc2O)C1. The van der Waals surface area contributed by atoms with E-state index in [1.807, 2.05) is 14.0 Å². The van der Waals surface area contributed by atoms with Crippen LogP contribution in [0, 0.1) is 5.82 Å². The molecule has 0 aromatic heterocycles. The van der Waals surface area contributed by atoms with Crippen molar-refractivity contribution in [2.45, 2.75) is 31.8 Å². The van der Waals surface area contributed by atoms with Crippen molar-refractivity contribution in [2.75, 3.05) is 20.1 Å². The molecule has 1 fully saturated rings. The topological polar surface area (TPSA) is 35.5 Å². The highest BCUT2D eigenvalue weighted by Crippen LogP contribution is 2.30. The van der Waals surface area contributed by atoms with Gasteiger partial charge < -0.3 is 10.4 Å². The first-order chi connectivity index (χ1) is 8.61. The molecule has 0 aliphatic carbocycles. The molecule has 1 saturated heterocycles. The highest BCUT2D eigenvalue weighted by molar-refractivity contribution is 5.35. The molecule has 0 saturated carbocycles. The van der Waals surface area contributed by atoms with Gasteiger partial charge in [0.05, 0.1) is 0 Å². The van der Waals surface area contributed by atoms with Gasteiger partial charge in [0, 0.05) is 24.2 Å². The van der Waals surface area contributed by atoms with Crippen molar-refractivity contribution >= 4 is 0 Å². The Bertz CT molecular complexity index is 411. The summed E-state index contributed by atoms with van der Waals surface area (Å²) in [5.41, 5.74) is 0.673. The summed E-state index contributed by atoms with van der Waals surface area (Å²) in [7, 11) is 1.97. The minimum Gasteiger partial charge on any atom is -0.508 e. The number of hydrogen-bond acceptors (Lipinski definition) is 3. The van der Waals surface area contributed by atoms with Crippen LogP contribution in [-0.4, -0.2) is 36.2 Å². The number of rotatable bonds is 3. The van der Waals surface area contributed by atoms with Crippen molar-refractivity contribution in [3.8, 4) is 5.75 Å². The summed E-state index contributed by atoms with van der Waals surface area (Å²) in [4.78, 5) is 2.29. The number of nitrogens with one attached hydrogen (secondary N) is 1. The zero-order chi connectivity index (χ0) is 13.1. The van der Waals surface area contributed by atoms with Crippen LogP contribution < -0.4 is 5.32 Å². The van der Waals surface area contributed by atoms with E-state index in [0.29, 0.717) is 11.6 Å². The fraction of sp³-hybridized carbons (Fsp3) is 0.571. The van der Waals surface area contributed by atoms with Gasteiger partial charge in [-0.3, -0.25) is 4.90 Å². The fourth-order valence-corrected chi connectivity index (χ4v) is 2.65. The minimum atomic E-state index is -0.295. The van der Waals surface area contributed by atoms with Gasteiger partial charge in [-0.2, -0.15) is 0 Å². The second-order valence-electron chi connectivity index (χ2n) is 5.00. The van der Waals surface area contributed by atoms with Gasteiger partial charge in [-0.1, -0.05) is 0 Å². The van der Waals surface area contributed by atoms with Crippen LogP contribution >= 0.6 is 0 Å². The molecule has 100 valence electrons. The Labute approximate surface area is 108 Å². The maximum atomic E-state index is 13.3. The summed E-state index contributed by atoms with van der Waals surface area (Å²) < 4.78 is 13.3. The summed E-state index contributed by atoms with van der Waals surface area (Å²) in [6.45, 7) is 3.95. The Morgan fingerprint density at radius 2 is 2.28 bits per heavy atom. The van der Waals surface area contributed by atoms with Crippen LogP contribution in [-0.2, 0) is 0 Å². The number of likely N-dealkylation sites (N-methyl/N-ethyl adjacent to an activating group) is 1. The Kier molecular flexibility index (Phi) is 4.19. The van der Waals surface area contributed by atoms with Crippen LogP contribution in [0.2, 0.25) is 0 Å². The first-order valence-corrected chi connectivity index (χ1v) is 6.51. The lowest BCUT2D eigenvalue weighted by molar-refractivity contribution is 0.147. The summed E-state index contributed by atoms with van der Waals surface area (Å²) in [5.74, 6) is -0.118. The maximum absolute atomic E-state index is 13.3. The molecule has 0 radical (unpaired) electrons. The number of likely N-dealkylation sites (tertiary alicyclic amines) is 1. The molecule has 1 aliphatic rings. The van der Waals surface area contributed by atoms with E-state index in [1.54, 1.807) is 0 Å². The third-order valence-corrected chi connectivity index (χ3v) is 3.85. The van der Waals surface area contributed by atoms with Gasteiger partial charge in [-0.05, 0) is 51.6 Å². The fourth-order valence-electron chi connectivity index (χ4n) is 2.65. The third kappa shape index (κ3) is 2.82. The number of aromatic hydroxyl groups is 1. The molecule has 1 aliphatic heterocycles. The van der Waals surface area contributed by atoms with Gasteiger partial charge in [0.15, 0.2) is 0 Å². The molecule has 18 heavy (non-hydrogen) atoms. The third-order valence-electron chi connectivity index (χ3n) is 3.85. The summed E-state index contributed by atoms with van der Waals surface area (Å²) in [5, 5.41) is 13.1. The van der Waals surface area contributed by atoms with Crippen LogP contribution in [0.15, 0.2) is 18.2 Å². The van der Waals surface area contributed by atoms with Crippen LogP contribution in [0.4, 0.5) is 4.39 Å². The smallest absolute Gasteiger partial charge is 0.123 e. The van der Waals surface area contributed by atoms with Crippen LogP contribution in [0.25, 0.3) is 0 Å². The summed E-state index contributed by atoms with van der Waals surface area (Å²) in [6, 6.07) is 4.68. The normalized spacial score (nSPS) is 22.9. The molecule has 0 amide bonds. The van der Waals surface area contributed by atoms with Crippen molar-refractivity contribution in [3.05, 3.63) is 29.6 Å². The molecule has 0 spiro atoms. The van der Waals surface area contributed by atoms with Gasteiger partial charge >= 0.3 is 0 Å². The van der Waals surface area contributed by atoms with Gasteiger partial charge in [0.2, 0.25) is 0 Å². The van der Waals surface area contributed by atoms with Gasteiger partial charge in [-0.15, -0.1) is 0 Å². The number of phenolic OH excluding ortho intramolecular Hbond substituents is 1. The number of nitrogens with zero attached hydrogens (tertiary/aromatic N) is 1. The first kappa shape index (κ1) is 13.3. The zero-order valence-corrected chi connectivity index (χ0v) is 11.0. The standard InChI is InChI=1S/C14H21FN2O/c1-10(13-8-11(15)5-6-14(13)18)17-7-3-4-12(9-17)16-2/h5-6,8,10,12,16,18H,3-4,7,9H2,1-2H3. The molecule has 1 aromatic rings. The van der Waals surface area contributed by atoms with E-state index in [4.69, 9.17) is 0 Å². The van der Waals surface area contributed by atoms with E-state index in [2.05, 4.69) is 10.2 Å². The number of halogens is 1. The summed E-state index contributed by atoms with van der Waals surface area (Å²) >= 11 is 0. The molecule has 1 aromatic carbocycles. The molecular weight excluding hydrogens is 231 g/mol. The van der Waals surface area contributed by atoms with E-state index in [1.165, 1.54) is 24.6 Å². The molecule has 2 unspecified atom stereocenters. The Balaban J connectivity index is 2.14.